The standard InChI is InChI=1S/C12H18N4O6/c1-2-3-7(17)21-4-6-8(18)9(19)12(22-6)16-5-14-11(15-16)10(13)20/h5-6,8-9,12,18-19H,2-4H2,1H3,(H2,13,20)/t6-,8-,9-,12?/m1/s1. The number of carbonyl (C=O) groups is 2. The van der Waals surface area contributed by atoms with Gasteiger partial charge in [-0.15, -0.1) is 5.10 Å². The lowest BCUT2D eigenvalue weighted by Crippen LogP contribution is -2.34. The molecule has 22 heavy (non-hydrogen) atoms. The number of primary amides is 1. The van der Waals surface area contributed by atoms with Gasteiger partial charge < -0.3 is 25.4 Å². The van der Waals surface area contributed by atoms with Gasteiger partial charge in [0.05, 0.1) is 0 Å². The molecule has 4 atom stereocenters. The van der Waals surface area contributed by atoms with Crippen LogP contribution in [0.4, 0.5) is 0 Å². The number of esters is 1. The lowest BCUT2D eigenvalue weighted by molar-refractivity contribution is -0.150. The van der Waals surface area contributed by atoms with Gasteiger partial charge in [-0.2, -0.15) is 0 Å². The van der Waals surface area contributed by atoms with Crippen molar-refractivity contribution in [2.45, 2.75) is 44.3 Å². The lowest BCUT2D eigenvalue weighted by atomic mass is 10.1. The summed E-state index contributed by atoms with van der Waals surface area (Å²) in [5, 5.41) is 23.7. The molecule has 0 spiro atoms. The summed E-state index contributed by atoms with van der Waals surface area (Å²) >= 11 is 0. The number of nitrogens with two attached hydrogens (primary N) is 1. The molecular weight excluding hydrogens is 296 g/mol. The van der Waals surface area contributed by atoms with Crippen LogP contribution in [0.3, 0.4) is 0 Å². The quantitative estimate of drug-likeness (QED) is 0.528. The maximum atomic E-state index is 11.3. The SMILES string of the molecule is CCCC(=O)OC[C@H]1OC(n2cnc(C(N)=O)n2)[C@H](O)[C@@H]1O. The molecule has 1 amide bonds. The first kappa shape index (κ1) is 16.3. The van der Waals surface area contributed by atoms with Crippen molar-refractivity contribution in [1.82, 2.24) is 14.8 Å². The number of aliphatic hydroxyl groups excluding tert-OH is 2. The summed E-state index contributed by atoms with van der Waals surface area (Å²) < 4.78 is 11.5. The minimum absolute atomic E-state index is 0.190. The fourth-order valence-electron chi connectivity index (χ4n) is 2.05. The van der Waals surface area contributed by atoms with E-state index in [1.807, 2.05) is 6.92 Å². The lowest BCUT2D eigenvalue weighted by Gasteiger charge is -2.14. The molecule has 1 aliphatic rings. The van der Waals surface area contributed by atoms with Crippen LogP contribution in [0.25, 0.3) is 0 Å². The topological polar surface area (TPSA) is 150 Å². The number of ether oxygens (including phenoxy) is 2. The Morgan fingerprint density at radius 2 is 2.18 bits per heavy atom. The van der Waals surface area contributed by atoms with Gasteiger partial charge in [-0.25, -0.2) is 9.67 Å². The predicted molar refractivity (Wildman–Crippen MR) is 70.3 cm³/mol. The van der Waals surface area contributed by atoms with E-state index in [0.29, 0.717) is 6.42 Å². The number of amides is 1. The van der Waals surface area contributed by atoms with E-state index >= 15 is 0 Å². The number of aliphatic hydroxyl groups is 2. The largest absolute Gasteiger partial charge is 0.463 e. The third kappa shape index (κ3) is 3.40. The first-order valence-electron chi connectivity index (χ1n) is 6.82. The van der Waals surface area contributed by atoms with Gasteiger partial charge in [-0.3, -0.25) is 9.59 Å². The van der Waals surface area contributed by atoms with Gasteiger partial charge in [0.15, 0.2) is 6.23 Å². The van der Waals surface area contributed by atoms with Crippen molar-refractivity contribution >= 4 is 11.9 Å². The maximum Gasteiger partial charge on any atom is 0.305 e. The molecule has 2 rings (SSSR count). The van der Waals surface area contributed by atoms with Crippen LogP contribution in [0.1, 0.15) is 36.6 Å². The van der Waals surface area contributed by atoms with Crippen LogP contribution >= 0.6 is 0 Å². The number of aromatic nitrogens is 3. The Labute approximate surface area is 125 Å². The molecule has 10 nitrogen and oxygen atoms in total. The molecule has 0 radical (unpaired) electrons. The molecule has 0 aliphatic carbocycles. The van der Waals surface area contributed by atoms with E-state index < -0.39 is 36.4 Å². The molecule has 1 aromatic rings. The monoisotopic (exact) mass is 314 g/mol. The second-order valence-electron chi connectivity index (χ2n) is 4.89. The average Bonchev–Trinajstić information content (AvgIpc) is 3.05. The third-order valence-electron chi connectivity index (χ3n) is 3.19. The minimum atomic E-state index is -1.31. The Kier molecular flexibility index (Phi) is 5.06. The van der Waals surface area contributed by atoms with Gasteiger partial charge in [0, 0.05) is 6.42 Å². The van der Waals surface area contributed by atoms with Crippen LogP contribution in [0.5, 0.6) is 0 Å². The van der Waals surface area contributed by atoms with E-state index in [0.717, 1.165) is 11.0 Å². The minimum Gasteiger partial charge on any atom is -0.463 e. The van der Waals surface area contributed by atoms with Crippen molar-refractivity contribution < 1.29 is 29.3 Å². The number of hydrogen-bond acceptors (Lipinski definition) is 8. The fraction of sp³-hybridized carbons (Fsp3) is 0.667. The Hall–Kier alpha value is -2.04. The van der Waals surface area contributed by atoms with Gasteiger partial charge in [0.25, 0.3) is 5.91 Å². The molecule has 1 aliphatic heterocycles. The Bertz CT molecular complexity index is 547. The first-order chi connectivity index (χ1) is 10.4. The predicted octanol–water partition coefficient (Wildman–Crippen LogP) is -1.66. The molecule has 1 aromatic heterocycles. The highest BCUT2D eigenvalue weighted by Gasteiger charge is 2.44. The second-order valence-corrected chi connectivity index (χ2v) is 4.89. The molecule has 4 N–H and O–H groups in total. The van der Waals surface area contributed by atoms with Crippen molar-refractivity contribution in [3.8, 4) is 0 Å². The summed E-state index contributed by atoms with van der Waals surface area (Å²) in [5.41, 5.74) is 5.04. The summed E-state index contributed by atoms with van der Waals surface area (Å²) in [6.45, 7) is 1.65. The molecule has 1 fully saturated rings. The number of carbonyl (C=O) groups excluding carboxylic acids is 2. The van der Waals surface area contributed by atoms with Crippen LogP contribution in [0, 0.1) is 0 Å². The number of rotatable bonds is 6. The van der Waals surface area contributed by atoms with Gasteiger partial charge in [-0.05, 0) is 6.42 Å². The van der Waals surface area contributed by atoms with E-state index in [1.54, 1.807) is 0 Å². The summed E-state index contributed by atoms with van der Waals surface area (Å²) in [6, 6.07) is 0. The van der Waals surface area contributed by atoms with Gasteiger partial charge in [0.2, 0.25) is 5.82 Å². The van der Waals surface area contributed by atoms with Crippen LogP contribution in [0.2, 0.25) is 0 Å². The van der Waals surface area contributed by atoms with Gasteiger partial charge in [-0.1, -0.05) is 6.92 Å². The van der Waals surface area contributed by atoms with Crippen molar-refractivity contribution in [1.29, 1.82) is 0 Å². The summed E-state index contributed by atoms with van der Waals surface area (Å²) in [6.07, 6.45) is -2.45. The fourth-order valence-corrected chi connectivity index (χ4v) is 2.05. The smallest absolute Gasteiger partial charge is 0.305 e. The highest BCUT2D eigenvalue weighted by molar-refractivity contribution is 5.88. The van der Waals surface area contributed by atoms with Crippen LogP contribution in [0.15, 0.2) is 6.33 Å². The highest BCUT2D eigenvalue weighted by Crippen LogP contribution is 2.28. The normalized spacial score (nSPS) is 27.8. The van der Waals surface area contributed by atoms with Crippen LogP contribution in [-0.2, 0) is 14.3 Å². The molecule has 0 saturated carbocycles. The van der Waals surface area contributed by atoms with Gasteiger partial charge >= 0.3 is 5.97 Å². The highest BCUT2D eigenvalue weighted by atomic mass is 16.6. The van der Waals surface area contributed by atoms with E-state index in [2.05, 4.69) is 10.1 Å². The average molecular weight is 314 g/mol. The van der Waals surface area contributed by atoms with E-state index in [4.69, 9.17) is 15.2 Å². The third-order valence-corrected chi connectivity index (χ3v) is 3.19. The van der Waals surface area contributed by atoms with Crippen LogP contribution in [-0.4, -0.2) is 61.8 Å². The molecule has 0 aromatic carbocycles. The Balaban J connectivity index is 1.99. The summed E-state index contributed by atoms with van der Waals surface area (Å²) in [5.74, 6) is -1.46. The van der Waals surface area contributed by atoms with Crippen LogP contribution < -0.4 is 5.73 Å². The second kappa shape index (κ2) is 6.81. The Morgan fingerprint density at radius 1 is 1.45 bits per heavy atom. The number of nitrogens with zero attached hydrogens (tertiary/aromatic N) is 3. The van der Waals surface area contributed by atoms with Crippen molar-refractivity contribution in [3.63, 3.8) is 0 Å². The molecule has 2 heterocycles. The van der Waals surface area contributed by atoms with Gasteiger partial charge in [0.1, 0.15) is 31.2 Å². The molecule has 1 saturated heterocycles. The molecular formula is C12H18N4O6. The zero-order valence-corrected chi connectivity index (χ0v) is 12.0. The van der Waals surface area contributed by atoms with E-state index in [-0.39, 0.29) is 18.9 Å². The molecule has 122 valence electrons. The van der Waals surface area contributed by atoms with Crippen molar-refractivity contribution in [2.75, 3.05) is 6.61 Å². The molecule has 0 bridgehead atoms. The summed E-state index contributed by atoms with van der Waals surface area (Å²) in [4.78, 5) is 25.9. The van der Waals surface area contributed by atoms with E-state index in [1.165, 1.54) is 0 Å². The summed E-state index contributed by atoms with van der Waals surface area (Å²) in [7, 11) is 0. The molecule has 1 unspecified atom stereocenters. The van der Waals surface area contributed by atoms with Crippen molar-refractivity contribution in [2.24, 2.45) is 5.73 Å². The first-order valence-corrected chi connectivity index (χ1v) is 6.82. The van der Waals surface area contributed by atoms with E-state index in [9.17, 15) is 19.8 Å². The Morgan fingerprint density at radius 3 is 2.77 bits per heavy atom. The number of hydrogen-bond donors (Lipinski definition) is 3. The zero-order valence-electron chi connectivity index (χ0n) is 12.0. The molecule has 10 heteroatoms. The van der Waals surface area contributed by atoms with Crippen molar-refractivity contribution in [3.05, 3.63) is 12.2 Å². The zero-order chi connectivity index (χ0) is 16.3. The maximum absolute atomic E-state index is 11.3.